The fourth-order valence-electron chi connectivity index (χ4n) is 5.75. The van der Waals surface area contributed by atoms with E-state index in [-0.39, 0.29) is 17.9 Å². The molecule has 168 valence electrons. The molecule has 0 saturated carbocycles. The van der Waals surface area contributed by atoms with Gasteiger partial charge in [0.2, 0.25) is 11.8 Å². The molecule has 4 heterocycles. The molecule has 6 heteroatoms. The van der Waals surface area contributed by atoms with Crippen LogP contribution in [0.3, 0.4) is 0 Å². The number of amides is 2. The molecule has 0 radical (unpaired) electrons. The van der Waals surface area contributed by atoms with E-state index in [0.717, 1.165) is 18.4 Å². The zero-order valence-electron chi connectivity index (χ0n) is 18.4. The van der Waals surface area contributed by atoms with E-state index in [1.165, 1.54) is 16.5 Å². The third-order valence-electron chi connectivity index (χ3n) is 7.36. The molecule has 2 bridgehead atoms. The van der Waals surface area contributed by atoms with Crippen molar-refractivity contribution in [3.63, 3.8) is 0 Å². The number of aromatic amines is 1. The molecule has 0 aliphatic carbocycles. The highest BCUT2D eigenvalue weighted by Gasteiger charge is 2.66. The van der Waals surface area contributed by atoms with Crippen LogP contribution in [-0.4, -0.2) is 53.0 Å². The summed E-state index contributed by atoms with van der Waals surface area (Å²) in [6, 6.07) is 18.3. The van der Waals surface area contributed by atoms with Gasteiger partial charge in [0.15, 0.2) is 0 Å². The normalized spacial score (nSPS) is 27.5. The Morgan fingerprint density at radius 2 is 1.94 bits per heavy atom. The number of nitrogens with one attached hydrogen (secondary N) is 2. The number of hydrogen-bond donors (Lipinski definition) is 2. The lowest BCUT2D eigenvalue weighted by Crippen LogP contribution is -2.44. The van der Waals surface area contributed by atoms with Gasteiger partial charge in [-0.15, -0.1) is 0 Å². The first kappa shape index (κ1) is 20.2. The predicted molar refractivity (Wildman–Crippen MR) is 125 cm³/mol. The molecule has 6 rings (SSSR count). The first-order valence-electron chi connectivity index (χ1n) is 11.7. The van der Waals surface area contributed by atoms with E-state index in [4.69, 9.17) is 4.74 Å². The molecule has 3 unspecified atom stereocenters. The highest BCUT2D eigenvalue weighted by Crippen LogP contribution is 2.51. The third kappa shape index (κ3) is 3.37. The number of carbonyl (C=O) groups excluding carboxylic acids is 2. The zero-order chi connectivity index (χ0) is 22.4. The topological polar surface area (TPSA) is 74.4 Å². The van der Waals surface area contributed by atoms with E-state index in [9.17, 15) is 9.59 Å². The van der Waals surface area contributed by atoms with Gasteiger partial charge in [-0.25, -0.2) is 0 Å². The number of aromatic nitrogens is 1. The quantitative estimate of drug-likeness (QED) is 0.554. The molecule has 3 aromatic rings. The molecule has 2 fully saturated rings. The van der Waals surface area contributed by atoms with Crippen LogP contribution in [0.1, 0.15) is 11.1 Å². The number of H-pyrrole nitrogens is 1. The molecule has 3 aliphatic rings. The van der Waals surface area contributed by atoms with Crippen LogP contribution < -0.4 is 5.32 Å². The van der Waals surface area contributed by atoms with Gasteiger partial charge >= 0.3 is 0 Å². The molecule has 2 amide bonds. The third-order valence-corrected chi connectivity index (χ3v) is 7.36. The van der Waals surface area contributed by atoms with E-state index in [1.807, 2.05) is 59.6 Å². The molecule has 2 N–H and O–H groups in total. The van der Waals surface area contributed by atoms with Crippen molar-refractivity contribution >= 4 is 22.7 Å². The molecule has 33 heavy (non-hydrogen) atoms. The second-order valence-corrected chi connectivity index (χ2v) is 9.30. The Morgan fingerprint density at radius 1 is 1.12 bits per heavy atom. The monoisotopic (exact) mass is 441 g/mol. The van der Waals surface area contributed by atoms with Crippen LogP contribution in [0.25, 0.3) is 10.9 Å². The smallest absolute Gasteiger partial charge is 0.230 e. The van der Waals surface area contributed by atoms with E-state index >= 15 is 0 Å². The summed E-state index contributed by atoms with van der Waals surface area (Å²) in [5.74, 6) is -0.951. The van der Waals surface area contributed by atoms with Gasteiger partial charge in [-0.05, 0) is 30.0 Å². The molecule has 2 saturated heterocycles. The summed E-state index contributed by atoms with van der Waals surface area (Å²) in [6.45, 7) is 1.69. The minimum absolute atomic E-state index is 0.0366. The molecular formula is C27H27N3O3. The maximum absolute atomic E-state index is 13.3. The number of carbonyl (C=O) groups is 2. The van der Waals surface area contributed by atoms with Crippen molar-refractivity contribution in [3.8, 4) is 0 Å². The summed E-state index contributed by atoms with van der Waals surface area (Å²) in [6.07, 6.45) is 7.19. The average molecular weight is 442 g/mol. The van der Waals surface area contributed by atoms with Gasteiger partial charge in [0.05, 0.1) is 24.5 Å². The number of hydrogen-bond acceptors (Lipinski definition) is 3. The number of likely N-dealkylation sites (tertiary alicyclic amines) is 1. The number of nitrogens with zero attached hydrogens (tertiary/aromatic N) is 1. The Labute approximate surface area is 192 Å². The lowest BCUT2D eigenvalue weighted by Gasteiger charge is -2.23. The summed E-state index contributed by atoms with van der Waals surface area (Å²) in [5.41, 5.74) is 2.82. The van der Waals surface area contributed by atoms with Crippen molar-refractivity contribution in [2.24, 2.45) is 11.8 Å². The van der Waals surface area contributed by atoms with Gasteiger partial charge in [0.1, 0.15) is 5.60 Å². The van der Waals surface area contributed by atoms with Crippen molar-refractivity contribution in [2.75, 3.05) is 19.6 Å². The Morgan fingerprint density at radius 3 is 2.82 bits per heavy atom. The van der Waals surface area contributed by atoms with Crippen molar-refractivity contribution in [2.45, 2.75) is 24.5 Å². The highest BCUT2D eigenvalue weighted by atomic mass is 16.5. The van der Waals surface area contributed by atoms with E-state index < -0.39 is 17.4 Å². The average Bonchev–Trinajstić information content (AvgIpc) is 3.58. The first-order chi connectivity index (χ1) is 16.1. The molecule has 2 aromatic carbocycles. The Bertz CT molecular complexity index is 1230. The molecule has 1 aromatic heterocycles. The van der Waals surface area contributed by atoms with Crippen molar-refractivity contribution in [1.82, 2.24) is 15.2 Å². The molecule has 4 atom stereocenters. The summed E-state index contributed by atoms with van der Waals surface area (Å²) in [7, 11) is 0. The van der Waals surface area contributed by atoms with Gasteiger partial charge in [0.25, 0.3) is 0 Å². The SMILES string of the molecule is O=C(NCCc1c[nH]c2ccccc12)C1C2C=C[C@]3(CN(CCc4ccccc4)C(=O)C13)O2. The number of rotatable bonds is 7. The summed E-state index contributed by atoms with van der Waals surface area (Å²) < 4.78 is 6.24. The van der Waals surface area contributed by atoms with E-state index in [1.54, 1.807) is 0 Å². The molecule has 6 nitrogen and oxygen atoms in total. The van der Waals surface area contributed by atoms with Gasteiger partial charge in [-0.1, -0.05) is 60.7 Å². The second-order valence-electron chi connectivity index (χ2n) is 9.30. The minimum atomic E-state index is -0.655. The lowest BCUT2D eigenvalue weighted by molar-refractivity contribution is -0.137. The van der Waals surface area contributed by atoms with Crippen LogP contribution in [0.5, 0.6) is 0 Å². The fraction of sp³-hybridized carbons (Fsp3) is 0.333. The Balaban J connectivity index is 1.11. The van der Waals surface area contributed by atoms with Crippen molar-refractivity contribution in [3.05, 3.63) is 84.1 Å². The first-order valence-corrected chi connectivity index (χ1v) is 11.7. The predicted octanol–water partition coefficient (Wildman–Crippen LogP) is 2.85. The number of ether oxygens (including phenoxy) is 1. The minimum Gasteiger partial charge on any atom is -0.361 e. The summed E-state index contributed by atoms with van der Waals surface area (Å²) >= 11 is 0. The standard InChI is InChI=1S/C27H27N3O3/c31-25(28-14-11-19-16-29-21-9-5-4-8-20(19)21)23-22-10-13-27(33-22)17-30(26(32)24(23)27)15-12-18-6-2-1-3-7-18/h1-10,13,16,22-24,29H,11-12,14-15,17H2,(H,28,31)/t22?,23?,24?,27-/m1/s1. The van der Waals surface area contributed by atoms with Crippen molar-refractivity contribution < 1.29 is 14.3 Å². The number of benzene rings is 2. The Kier molecular flexibility index (Phi) is 4.84. The highest BCUT2D eigenvalue weighted by molar-refractivity contribution is 5.93. The second kappa shape index (κ2) is 7.89. The number of fused-ring (bicyclic) bond motifs is 2. The number of para-hydroxylation sites is 1. The summed E-state index contributed by atoms with van der Waals surface area (Å²) in [5, 5.41) is 4.26. The van der Waals surface area contributed by atoms with Gasteiger partial charge in [0, 0.05) is 30.2 Å². The van der Waals surface area contributed by atoms with Crippen LogP contribution >= 0.6 is 0 Å². The van der Waals surface area contributed by atoms with Gasteiger partial charge in [-0.3, -0.25) is 9.59 Å². The molecular weight excluding hydrogens is 414 g/mol. The van der Waals surface area contributed by atoms with Crippen LogP contribution in [0.15, 0.2) is 72.9 Å². The van der Waals surface area contributed by atoms with Gasteiger partial charge in [-0.2, -0.15) is 0 Å². The zero-order valence-corrected chi connectivity index (χ0v) is 18.4. The molecule has 3 aliphatic heterocycles. The van der Waals surface area contributed by atoms with Crippen LogP contribution in [0, 0.1) is 11.8 Å². The van der Waals surface area contributed by atoms with Crippen LogP contribution in [0.2, 0.25) is 0 Å². The maximum atomic E-state index is 13.3. The van der Waals surface area contributed by atoms with Crippen molar-refractivity contribution in [1.29, 1.82) is 0 Å². The largest absolute Gasteiger partial charge is 0.361 e. The molecule has 1 spiro atoms. The van der Waals surface area contributed by atoms with Crippen LogP contribution in [-0.2, 0) is 27.2 Å². The Hall–Kier alpha value is -3.38. The van der Waals surface area contributed by atoms with E-state index in [0.29, 0.717) is 19.6 Å². The van der Waals surface area contributed by atoms with Gasteiger partial charge < -0.3 is 19.9 Å². The van der Waals surface area contributed by atoms with E-state index in [2.05, 4.69) is 28.5 Å². The fourth-order valence-corrected chi connectivity index (χ4v) is 5.75. The summed E-state index contributed by atoms with van der Waals surface area (Å²) in [4.78, 5) is 31.7. The lowest BCUT2D eigenvalue weighted by atomic mass is 9.77. The van der Waals surface area contributed by atoms with Crippen LogP contribution in [0.4, 0.5) is 0 Å². The maximum Gasteiger partial charge on any atom is 0.230 e.